The summed E-state index contributed by atoms with van der Waals surface area (Å²) in [5, 5.41) is 12.1. The molecule has 5 nitrogen and oxygen atoms in total. The standard InChI is InChI=1S/C10H12FN3O2/c11-7-5-8(10(15)16)9(13-6-7)14-3-1-12-2-4-14/h5-6,12H,1-4H2,(H,15,16). The number of hydrogen-bond acceptors (Lipinski definition) is 4. The lowest BCUT2D eigenvalue weighted by Gasteiger charge is -2.29. The SMILES string of the molecule is O=C(O)c1cc(F)cnc1N1CCNCC1. The highest BCUT2D eigenvalue weighted by Gasteiger charge is 2.19. The molecule has 1 aliphatic rings. The van der Waals surface area contributed by atoms with E-state index in [2.05, 4.69) is 10.3 Å². The van der Waals surface area contributed by atoms with Gasteiger partial charge in [0.15, 0.2) is 0 Å². The van der Waals surface area contributed by atoms with E-state index < -0.39 is 11.8 Å². The van der Waals surface area contributed by atoms with Gasteiger partial charge in [-0.1, -0.05) is 0 Å². The van der Waals surface area contributed by atoms with Crippen molar-refractivity contribution in [3.05, 3.63) is 23.6 Å². The number of nitrogens with one attached hydrogen (secondary N) is 1. The molecule has 1 aromatic heterocycles. The molecule has 2 rings (SSSR count). The van der Waals surface area contributed by atoms with Gasteiger partial charge in [-0.2, -0.15) is 0 Å². The Labute approximate surface area is 91.9 Å². The van der Waals surface area contributed by atoms with Gasteiger partial charge in [-0.15, -0.1) is 0 Å². The van der Waals surface area contributed by atoms with Crippen LogP contribution in [0.5, 0.6) is 0 Å². The number of aromatic nitrogens is 1. The molecule has 1 aliphatic heterocycles. The van der Waals surface area contributed by atoms with Crippen molar-refractivity contribution in [3.63, 3.8) is 0 Å². The number of halogens is 1. The molecule has 2 N–H and O–H groups in total. The average Bonchev–Trinajstić information content (AvgIpc) is 2.30. The minimum atomic E-state index is -1.15. The van der Waals surface area contributed by atoms with Crippen molar-refractivity contribution in [1.82, 2.24) is 10.3 Å². The highest BCUT2D eigenvalue weighted by Crippen LogP contribution is 2.18. The first kappa shape index (κ1) is 10.8. The van der Waals surface area contributed by atoms with Crippen LogP contribution in [0.15, 0.2) is 12.3 Å². The molecular formula is C10H12FN3O2. The summed E-state index contributed by atoms with van der Waals surface area (Å²) in [6, 6.07) is 1.01. The number of carbonyl (C=O) groups is 1. The van der Waals surface area contributed by atoms with Crippen LogP contribution in [0.4, 0.5) is 10.2 Å². The first-order chi connectivity index (χ1) is 7.68. The van der Waals surface area contributed by atoms with Crippen molar-refractivity contribution < 1.29 is 14.3 Å². The van der Waals surface area contributed by atoms with Gasteiger partial charge in [-0.3, -0.25) is 0 Å². The Bertz CT molecular complexity index is 405. The largest absolute Gasteiger partial charge is 0.478 e. The van der Waals surface area contributed by atoms with Gasteiger partial charge in [0, 0.05) is 26.2 Å². The van der Waals surface area contributed by atoms with Gasteiger partial charge >= 0.3 is 5.97 Å². The summed E-state index contributed by atoms with van der Waals surface area (Å²) in [4.78, 5) is 16.7. The van der Waals surface area contributed by atoms with Gasteiger partial charge < -0.3 is 15.3 Å². The number of pyridine rings is 1. The normalized spacial score (nSPS) is 16.2. The fourth-order valence-corrected chi connectivity index (χ4v) is 1.72. The smallest absolute Gasteiger partial charge is 0.339 e. The van der Waals surface area contributed by atoms with E-state index in [1.165, 1.54) is 0 Å². The molecule has 0 saturated carbocycles. The minimum absolute atomic E-state index is 0.0816. The number of carboxylic acids is 1. The number of hydrogen-bond donors (Lipinski definition) is 2. The molecule has 0 bridgehead atoms. The molecule has 0 radical (unpaired) electrons. The van der Waals surface area contributed by atoms with E-state index in [1.54, 1.807) is 0 Å². The lowest BCUT2D eigenvalue weighted by atomic mass is 10.2. The van der Waals surface area contributed by atoms with Crippen LogP contribution in [0.1, 0.15) is 10.4 Å². The highest BCUT2D eigenvalue weighted by molar-refractivity contribution is 5.93. The summed E-state index contributed by atoms with van der Waals surface area (Å²) in [7, 11) is 0. The van der Waals surface area contributed by atoms with Gasteiger partial charge in [-0.05, 0) is 6.07 Å². The van der Waals surface area contributed by atoms with Gasteiger partial charge in [0.05, 0.1) is 6.20 Å². The van der Waals surface area contributed by atoms with Crippen molar-refractivity contribution in [3.8, 4) is 0 Å². The molecule has 0 aliphatic carbocycles. The maximum absolute atomic E-state index is 12.9. The van der Waals surface area contributed by atoms with Crippen LogP contribution in [0, 0.1) is 5.82 Å². The van der Waals surface area contributed by atoms with E-state index in [0.717, 1.165) is 25.4 Å². The average molecular weight is 225 g/mol. The Morgan fingerprint density at radius 1 is 1.50 bits per heavy atom. The molecule has 16 heavy (non-hydrogen) atoms. The molecule has 0 aromatic carbocycles. The lowest BCUT2D eigenvalue weighted by Crippen LogP contribution is -2.44. The third-order valence-electron chi connectivity index (χ3n) is 2.48. The summed E-state index contributed by atoms with van der Waals surface area (Å²) in [6.07, 6.45) is 1.05. The molecule has 0 spiro atoms. The van der Waals surface area contributed by atoms with Crippen LogP contribution in [-0.2, 0) is 0 Å². The zero-order valence-electron chi connectivity index (χ0n) is 8.61. The molecule has 6 heteroatoms. The predicted octanol–water partition coefficient (Wildman–Crippen LogP) is 0.329. The van der Waals surface area contributed by atoms with Crippen LogP contribution >= 0.6 is 0 Å². The number of aromatic carboxylic acids is 1. The van der Waals surface area contributed by atoms with E-state index in [9.17, 15) is 9.18 Å². The molecule has 1 saturated heterocycles. The van der Waals surface area contributed by atoms with Crippen molar-refractivity contribution in [2.75, 3.05) is 31.1 Å². The number of carboxylic acid groups (broad SMARTS) is 1. The Hall–Kier alpha value is -1.69. The molecule has 0 atom stereocenters. The zero-order valence-corrected chi connectivity index (χ0v) is 8.61. The third kappa shape index (κ3) is 2.11. The second kappa shape index (κ2) is 4.44. The van der Waals surface area contributed by atoms with E-state index in [1.807, 2.05) is 4.90 Å². The fraction of sp³-hybridized carbons (Fsp3) is 0.400. The van der Waals surface area contributed by atoms with Gasteiger partial charge in [0.25, 0.3) is 0 Å². The Balaban J connectivity index is 2.34. The molecule has 86 valence electrons. The Morgan fingerprint density at radius 3 is 2.81 bits per heavy atom. The van der Waals surface area contributed by atoms with Gasteiger partial charge in [0.2, 0.25) is 0 Å². The number of nitrogens with zero attached hydrogens (tertiary/aromatic N) is 2. The van der Waals surface area contributed by atoms with Crippen LogP contribution in [0.2, 0.25) is 0 Å². The first-order valence-electron chi connectivity index (χ1n) is 5.03. The van der Waals surface area contributed by atoms with Crippen LogP contribution < -0.4 is 10.2 Å². The van der Waals surface area contributed by atoms with E-state index in [-0.39, 0.29) is 5.56 Å². The Kier molecular flexibility index (Phi) is 3.00. The van der Waals surface area contributed by atoms with E-state index in [0.29, 0.717) is 18.9 Å². The van der Waals surface area contributed by atoms with Crippen molar-refractivity contribution >= 4 is 11.8 Å². The maximum Gasteiger partial charge on any atom is 0.339 e. The van der Waals surface area contributed by atoms with E-state index >= 15 is 0 Å². The minimum Gasteiger partial charge on any atom is -0.478 e. The van der Waals surface area contributed by atoms with Crippen LogP contribution in [0.3, 0.4) is 0 Å². The van der Waals surface area contributed by atoms with E-state index in [4.69, 9.17) is 5.11 Å². The molecule has 2 heterocycles. The number of piperazine rings is 1. The molecule has 0 amide bonds. The van der Waals surface area contributed by atoms with Gasteiger partial charge in [-0.25, -0.2) is 14.2 Å². The second-order valence-electron chi connectivity index (χ2n) is 3.57. The first-order valence-corrected chi connectivity index (χ1v) is 5.03. The summed E-state index contributed by atoms with van der Waals surface area (Å²) in [6.45, 7) is 2.91. The summed E-state index contributed by atoms with van der Waals surface area (Å²) in [5.74, 6) is -1.44. The van der Waals surface area contributed by atoms with Gasteiger partial charge in [0.1, 0.15) is 17.2 Å². The topological polar surface area (TPSA) is 65.5 Å². The zero-order chi connectivity index (χ0) is 11.5. The number of anilines is 1. The van der Waals surface area contributed by atoms with Crippen molar-refractivity contribution in [1.29, 1.82) is 0 Å². The second-order valence-corrected chi connectivity index (χ2v) is 3.57. The summed E-state index contributed by atoms with van der Waals surface area (Å²) >= 11 is 0. The number of rotatable bonds is 2. The monoisotopic (exact) mass is 225 g/mol. The third-order valence-corrected chi connectivity index (χ3v) is 2.48. The highest BCUT2D eigenvalue weighted by atomic mass is 19.1. The van der Waals surface area contributed by atoms with Crippen LogP contribution in [0.25, 0.3) is 0 Å². The quantitative estimate of drug-likeness (QED) is 0.759. The van der Waals surface area contributed by atoms with Crippen molar-refractivity contribution in [2.45, 2.75) is 0 Å². The molecular weight excluding hydrogens is 213 g/mol. The molecule has 1 fully saturated rings. The Morgan fingerprint density at radius 2 is 2.19 bits per heavy atom. The maximum atomic E-state index is 12.9. The van der Waals surface area contributed by atoms with Crippen molar-refractivity contribution in [2.24, 2.45) is 0 Å². The summed E-state index contributed by atoms with van der Waals surface area (Å²) in [5.41, 5.74) is -0.0816. The molecule has 0 unspecified atom stereocenters. The predicted molar refractivity (Wildman–Crippen MR) is 56.2 cm³/mol. The fourth-order valence-electron chi connectivity index (χ4n) is 1.72. The summed E-state index contributed by atoms with van der Waals surface area (Å²) < 4.78 is 12.9. The van der Waals surface area contributed by atoms with Crippen LogP contribution in [-0.4, -0.2) is 42.2 Å². The lowest BCUT2D eigenvalue weighted by molar-refractivity contribution is 0.0696. The molecule has 1 aromatic rings.